The van der Waals surface area contributed by atoms with Gasteiger partial charge in [-0.3, -0.25) is 9.10 Å². The lowest BCUT2D eigenvalue weighted by Gasteiger charge is -2.28. The maximum absolute atomic E-state index is 13.1. The zero-order valence-electron chi connectivity index (χ0n) is 15.8. The number of sulfonamides is 1. The molecule has 0 spiro atoms. The smallest absolute Gasteiger partial charge is 0.248 e. The van der Waals surface area contributed by atoms with Crippen molar-refractivity contribution in [3.05, 3.63) is 48.0 Å². The van der Waals surface area contributed by atoms with E-state index in [2.05, 4.69) is 0 Å². The quantitative estimate of drug-likeness (QED) is 0.784. The highest BCUT2D eigenvalue weighted by atomic mass is 32.2. The van der Waals surface area contributed by atoms with Gasteiger partial charge >= 0.3 is 0 Å². The van der Waals surface area contributed by atoms with Gasteiger partial charge in [-0.05, 0) is 37.1 Å². The Balaban J connectivity index is 1.64. The van der Waals surface area contributed by atoms with E-state index < -0.39 is 10.0 Å². The topological polar surface area (TPSA) is 76.2 Å². The second-order valence-electron chi connectivity index (χ2n) is 7.04. The molecule has 7 nitrogen and oxygen atoms in total. The number of anilines is 2. The van der Waals surface area contributed by atoms with Crippen molar-refractivity contribution in [3.63, 3.8) is 0 Å². The molecule has 0 fully saturated rings. The molecular weight excluding hydrogens is 380 g/mol. The summed E-state index contributed by atoms with van der Waals surface area (Å²) < 4.78 is 37.1. The Morgan fingerprint density at radius 2 is 1.86 bits per heavy atom. The molecular formula is C20H22N2O5S. The van der Waals surface area contributed by atoms with E-state index in [1.807, 2.05) is 31.2 Å². The maximum atomic E-state index is 13.1. The normalized spacial score (nSPS) is 17.9. The Bertz CT molecular complexity index is 1020. The van der Waals surface area contributed by atoms with Gasteiger partial charge in [0.1, 0.15) is 19.8 Å². The van der Waals surface area contributed by atoms with Crippen molar-refractivity contribution in [2.75, 3.05) is 35.2 Å². The van der Waals surface area contributed by atoms with Crippen LogP contribution in [0.2, 0.25) is 0 Å². The van der Waals surface area contributed by atoms with Crippen LogP contribution in [0.15, 0.2) is 42.5 Å². The molecule has 0 aliphatic carbocycles. The highest BCUT2D eigenvalue weighted by molar-refractivity contribution is 7.92. The number of carbonyl (C=O) groups is 1. The van der Waals surface area contributed by atoms with Crippen LogP contribution in [0.1, 0.15) is 12.5 Å². The van der Waals surface area contributed by atoms with Crippen molar-refractivity contribution in [2.24, 2.45) is 0 Å². The number of ether oxygens (including phenoxy) is 2. The fourth-order valence-corrected chi connectivity index (χ4v) is 4.57. The van der Waals surface area contributed by atoms with Crippen LogP contribution >= 0.6 is 0 Å². The maximum Gasteiger partial charge on any atom is 0.248 e. The highest BCUT2D eigenvalue weighted by Crippen LogP contribution is 2.36. The first-order valence-corrected chi connectivity index (χ1v) is 11.0. The molecule has 2 aromatic carbocycles. The molecule has 0 saturated carbocycles. The van der Waals surface area contributed by atoms with Crippen molar-refractivity contribution < 1.29 is 22.7 Å². The first-order chi connectivity index (χ1) is 13.3. The van der Waals surface area contributed by atoms with E-state index in [0.29, 0.717) is 30.4 Å². The second kappa shape index (κ2) is 7.01. The predicted molar refractivity (Wildman–Crippen MR) is 107 cm³/mol. The number of hydrogen-bond donors (Lipinski definition) is 0. The van der Waals surface area contributed by atoms with Gasteiger partial charge in [0.05, 0.1) is 11.9 Å². The van der Waals surface area contributed by atoms with E-state index in [4.69, 9.17) is 9.47 Å². The Labute approximate surface area is 164 Å². The number of nitrogens with zero attached hydrogens (tertiary/aromatic N) is 2. The average Bonchev–Trinajstić information content (AvgIpc) is 3.00. The van der Waals surface area contributed by atoms with Gasteiger partial charge in [-0.1, -0.05) is 18.2 Å². The zero-order chi connectivity index (χ0) is 19.9. The van der Waals surface area contributed by atoms with Crippen LogP contribution in [0.4, 0.5) is 11.4 Å². The number of fused-ring (bicyclic) bond motifs is 2. The van der Waals surface area contributed by atoms with Gasteiger partial charge in [0.15, 0.2) is 11.5 Å². The van der Waals surface area contributed by atoms with E-state index in [0.717, 1.165) is 28.2 Å². The molecule has 2 aromatic rings. The Kier molecular flexibility index (Phi) is 4.66. The van der Waals surface area contributed by atoms with Crippen LogP contribution in [0.3, 0.4) is 0 Å². The van der Waals surface area contributed by atoms with Gasteiger partial charge in [0, 0.05) is 17.8 Å². The number of para-hydroxylation sites is 1. The van der Waals surface area contributed by atoms with Crippen LogP contribution in [0.25, 0.3) is 0 Å². The predicted octanol–water partition coefficient (Wildman–Crippen LogP) is 2.20. The molecule has 1 amide bonds. The minimum atomic E-state index is -3.67. The molecule has 0 saturated heterocycles. The minimum absolute atomic E-state index is 0.0217. The first-order valence-electron chi connectivity index (χ1n) is 9.12. The molecule has 0 aromatic heterocycles. The molecule has 1 unspecified atom stereocenters. The number of carbonyl (C=O) groups excluding carboxylic acids is 1. The number of benzene rings is 2. The van der Waals surface area contributed by atoms with Gasteiger partial charge in [0.25, 0.3) is 0 Å². The van der Waals surface area contributed by atoms with Crippen molar-refractivity contribution in [3.8, 4) is 11.5 Å². The summed E-state index contributed by atoms with van der Waals surface area (Å²) in [5, 5.41) is 0. The van der Waals surface area contributed by atoms with E-state index in [-0.39, 0.29) is 18.5 Å². The van der Waals surface area contributed by atoms with Crippen molar-refractivity contribution in [2.45, 2.75) is 19.4 Å². The van der Waals surface area contributed by atoms with Gasteiger partial charge in [0.2, 0.25) is 15.9 Å². The monoisotopic (exact) mass is 402 g/mol. The molecule has 8 heteroatoms. The van der Waals surface area contributed by atoms with E-state index in [1.165, 1.54) is 0 Å². The number of hydrogen-bond acceptors (Lipinski definition) is 5. The molecule has 0 bridgehead atoms. The zero-order valence-corrected chi connectivity index (χ0v) is 16.6. The van der Waals surface area contributed by atoms with Gasteiger partial charge in [-0.15, -0.1) is 0 Å². The summed E-state index contributed by atoms with van der Waals surface area (Å²) in [5.74, 6) is 0.777. The molecule has 1 atom stereocenters. The number of rotatable bonds is 4. The summed E-state index contributed by atoms with van der Waals surface area (Å²) >= 11 is 0. The van der Waals surface area contributed by atoms with Crippen molar-refractivity contribution in [1.29, 1.82) is 0 Å². The SMILES string of the molecule is CC1Cc2ccccc2N1C(=O)CN(c1ccc2c(c1)OCCO2)S(C)(=O)=O. The van der Waals surface area contributed by atoms with Gasteiger partial charge in [-0.25, -0.2) is 8.42 Å². The Morgan fingerprint density at radius 3 is 2.61 bits per heavy atom. The fourth-order valence-electron chi connectivity index (χ4n) is 3.73. The van der Waals surface area contributed by atoms with Crippen LogP contribution < -0.4 is 18.7 Å². The molecule has 4 rings (SSSR count). The highest BCUT2D eigenvalue weighted by Gasteiger charge is 2.33. The van der Waals surface area contributed by atoms with E-state index in [1.54, 1.807) is 23.1 Å². The Morgan fingerprint density at radius 1 is 1.14 bits per heavy atom. The van der Waals surface area contributed by atoms with Crippen LogP contribution in [-0.4, -0.2) is 46.4 Å². The second-order valence-corrected chi connectivity index (χ2v) is 8.95. The van der Waals surface area contributed by atoms with E-state index in [9.17, 15) is 13.2 Å². The summed E-state index contributed by atoms with van der Waals surface area (Å²) in [7, 11) is -3.67. The summed E-state index contributed by atoms with van der Waals surface area (Å²) in [6.45, 7) is 2.53. The molecule has 148 valence electrons. The van der Waals surface area contributed by atoms with Crippen LogP contribution in [0.5, 0.6) is 11.5 Å². The number of amides is 1. The van der Waals surface area contributed by atoms with Gasteiger partial charge < -0.3 is 14.4 Å². The minimum Gasteiger partial charge on any atom is -0.486 e. The lowest BCUT2D eigenvalue weighted by molar-refractivity contribution is -0.117. The third-order valence-electron chi connectivity index (χ3n) is 4.97. The largest absolute Gasteiger partial charge is 0.486 e. The van der Waals surface area contributed by atoms with Gasteiger partial charge in [-0.2, -0.15) is 0 Å². The standard InChI is InChI=1S/C20H22N2O5S/c1-14-11-15-5-3-4-6-17(15)22(14)20(23)13-21(28(2,24)25)16-7-8-18-19(12-16)27-10-9-26-18/h3-8,12,14H,9-11,13H2,1-2H3. The first kappa shape index (κ1) is 18.6. The van der Waals surface area contributed by atoms with Crippen molar-refractivity contribution in [1.82, 2.24) is 0 Å². The molecule has 0 radical (unpaired) electrons. The molecule has 0 N–H and O–H groups in total. The van der Waals surface area contributed by atoms with Crippen LogP contribution in [-0.2, 0) is 21.2 Å². The lowest BCUT2D eigenvalue weighted by Crippen LogP contribution is -2.45. The Hall–Kier alpha value is -2.74. The molecule has 2 aliphatic rings. The summed E-state index contributed by atoms with van der Waals surface area (Å²) in [6.07, 6.45) is 1.85. The summed E-state index contributed by atoms with van der Waals surface area (Å²) in [4.78, 5) is 14.8. The molecule has 2 aliphatic heterocycles. The molecule has 28 heavy (non-hydrogen) atoms. The van der Waals surface area contributed by atoms with E-state index >= 15 is 0 Å². The fraction of sp³-hybridized carbons (Fsp3) is 0.350. The van der Waals surface area contributed by atoms with Crippen molar-refractivity contribution >= 4 is 27.3 Å². The molecule has 2 heterocycles. The van der Waals surface area contributed by atoms with Crippen LogP contribution in [0, 0.1) is 0 Å². The summed E-state index contributed by atoms with van der Waals surface area (Å²) in [5.41, 5.74) is 2.31. The lowest BCUT2D eigenvalue weighted by atomic mass is 10.1. The summed E-state index contributed by atoms with van der Waals surface area (Å²) in [6, 6.07) is 12.6. The third kappa shape index (κ3) is 3.40. The third-order valence-corrected chi connectivity index (χ3v) is 6.11. The average molecular weight is 402 g/mol.